The molecule has 0 saturated carbocycles. The van der Waals surface area contributed by atoms with E-state index in [4.69, 9.17) is 0 Å². The molecule has 2 heteroatoms. The first kappa shape index (κ1) is 10.9. The number of allylic oxidation sites excluding steroid dienone is 3. The molecule has 0 N–H and O–H groups in total. The molecule has 0 saturated heterocycles. The van der Waals surface area contributed by atoms with E-state index in [-0.39, 0.29) is 0 Å². The van der Waals surface area contributed by atoms with Crippen molar-refractivity contribution in [3.05, 3.63) is 23.3 Å². The molecule has 0 atom stereocenters. The fourth-order valence-electron chi connectivity index (χ4n) is 0.662. The van der Waals surface area contributed by atoms with Gasteiger partial charge in [-0.1, -0.05) is 57.3 Å². The van der Waals surface area contributed by atoms with Crippen LogP contribution in [0.4, 0.5) is 0 Å². The number of hydrogen-bond donors (Lipinski definition) is 0. The minimum Gasteiger partial charge on any atom is -0.0948 e. The van der Waals surface area contributed by atoms with Crippen molar-refractivity contribution in [3.8, 4) is 0 Å². The normalized spacial score (nSPS) is 9.20. The summed E-state index contributed by atoms with van der Waals surface area (Å²) in [6.07, 6.45) is 0. The van der Waals surface area contributed by atoms with Crippen molar-refractivity contribution in [2.24, 2.45) is 0 Å². The number of alkyl halides is 2. The Morgan fingerprint density at radius 2 is 1.70 bits per heavy atom. The van der Waals surface area contributed by atoms with Gasteiger partial charge in [0.2, 0.25) is 0 Å². The van der Waals surface area contributed by atoms with Crippen LogP contribution in [0.3, 0.4) is 0 Å². The highest BCUT2D eigenvalue weighted by atomic mass is 127. The monoisotopic (exact) mass is 362 g/mol. The lowest BCUT2D eigenvalue weighted by Gasteiger charge is -2.06. The lowest BCUT2D eigenvalue weighted by atomic mass is 10.1. The summed E-state index contributed by atoms with van der Waals surface area (Å²) in [4.78, 5) is 0. The van der Waals surface area contributed by atoms with Crippen LogP contribution in [-0.4, -0.2) is 8.86 Å². The third kappa shape index (κ3) is 3.37. The Bertz CT molecular complexity index is 153. The summed E-state index contributed by atoms with van der Waals surface area (Å²) < 4.78 is 2.13. The summed E-state index contributed by atoms with van der Waals surface area (Å²) in [6, 6.07) is 0. The average molecular weight is 362 g/mol. The van der Waals surface area contributed by atoms with Crippen molar-refractivity contribution in [2.75, 3.05) is 8.86 Å². The number of hydrogen-bond acceptors (Lipinski definition) is 0. The molecule has 0 fully saturated rings. The predicted octanol–water partition coefficient (Wildman–Crippen LogP) is 3.75. The van der Waals surface area contributed by atoms with Crippen molar-refractivity contribution in [3.63, 3.8) is 0 Å². The summed E-state index contributed by atoms with van der Waals surface area (Å²) in [5.74, 6) is 0. The molecule has 0 amide bonds. The standard InChI is InChI=1S/C8H12I2/c1-6(2)8(5-10)7(3)4-9/h3-5H2,1-2H3. The van der Waals surface area contributed by atoms with Crippen LogP contribution in [0.15, 0.2) is 23.3 Å². The first-order valence-electron chi connectivity index (χ1n) is 3.10. The highest BCUT2D eigenvalue weighted by molar-refractivity contribution is 14.1. The van der Waals surface area contributed by atoms with E-state index >= 15 is 0 Å². The van der Waals surface area contributed by atoms with Gasteiger partial charge in [0.1, 0.15) is 0 Å². The Kier molecular flexibility index (Phi) is 6.10. The highest BCUT2D eigenvalue weighted by Crippen LogP contribution is 2.17. The summed E-state index contributed by atoms with van der Waals surface area (Å²) in [5.41, 5.74) is 4.10. The van der Waals surface area contributed by atoms with Crippen molar-refractivity contribution in [1.82, 2.24) is 0 Å². The fraction of sp³-hybridized carbons (Fsp3) is 0.500. The van der Waals surface area contributed by atoms with Gasteiger partial charge in [-0.25, -0.2) is 0 Å². The molecule has 0 bridgehead atoms. The van der Waals surface area contributed by atoms with Crippen LogP contribution in [0.5, 0.6) is 0 Å². The Morgan fingerprint density at radius 1 is 1.20 bits per heavy atom. The number of rotatable bonds is 3. The zero-order valence-corrected chi connectivity index (χ0v) is 10.7. The van der Waals surface area contributed by atoms with Gasteiger partial charge in [-0.15, -0.1) is 0 Å². The van der Waals surface area contributed by atoms with Gasteiger partial charge < -0.3 is 0 Å². The average Bonchev–Trinajstić information content (AvgIpc) is 1.88. The van der Waals surface area contributed by atoms with E-state index in [0.29, 0.717) is 0 Å². The molecule has 0 unspecified atom stereocenters. The third-order valence-electron chi connectivity index (χ3n) is 1.33. The quantitative estimate of drug-likeness (QED) is 0.408. The van der Waals surface area contributed by atoms with Gasteiger partial charge in [-0.3, -0.25) is 0 Å². The molecule has 0 heterocycles. The third-order valence-corrected chi connectivity index (χ3v) is 3.01. The summed E-state index contributed by atoms with van der Waals surface area (Å²) in [7, 11) is 0. The van der Waals surface area contributed by atoms with Crippen LogP contribution in [0.2, 0.25) is 0 Å². The van der Waals surface area contributed by atoms with Gasteiger partial charge in [0.05, 0.1) is 0 Å². The molecule has 0 aromatic heterocycles. The van der Waals surface area contributed by atoms with Gasteiger partial charge >= 0.3 is 0 Å². The Labute approximate surface area is 90.4 Å². The Balaban J connectivity index is 4.37. The minimum atomic E-state index is 1.04. The van der Waals surface area contributed by atoms with Crippen LogP contribution in [0.25, 0.3) is 0 Å². The van der Waals surface area contributed by atoms with E-state index in [0.717, 1.165) is 8.86 Å². The second-order valence-corrected chi connectivity index (χ2v) is 3.87. The van der Waals surface area contributed by atoms with Crippen LogP contribution >= 0.6 is 45.2 Å². The van der Waals surface area contributed by atoms with E-state index in [1.54, 1.807) is 0 Å². The smallest absolute Gasteiger partial charge is 0.0249 e. The second-order valence-electron chi connectivity index (χ2n) is 2.35. The molecule has 0 nitrogen and oxygen atoms in total. The van der Waals surface area contributed by atoms with Gasteiger partial charge in [-0.2, -0.15) is 0 Å². The SMILES string of the molecule is C=C(CI)C(CI)=C(C)C. The van der Waals surface area contributed by atoms with Crippen LogP contribution in [0.1, 0.15) is 13.8 Å². The van der Waals surface area contributed by atoms with Crippen LogP contribution in [0, 0.1) is 0 Å². The Hall–Kier alpha value is 0.940. The topological polar surface area (TPSA) is 0 Å². The maximum Gasteiger partial charge on any atom is 0.0249 e. The van der Waals surface area contributed by atoms with Crippen molar-refractivity contribution in [2.45, 2.75) is 13.8 Å². The highest BCUT2D eigenvalue weighted by Gasteiger charge is 2.00. The molecule has 0 aliphatic rings. The van der Waals surface area contributed by atoms with Gasteiger partial charge in [0, 0.05) is 8.86 Å². The molecular formula is C8H12I2. The molecular weight excluding hydrogens is 350 g/mol. The van der Waals surface area contributed by atoms with Gasteiger partial charge in [0.15, 0.2) is 0 Å². The van der Waals surface area contributed by atoms with Crippen molar-refractivity contribution < 1.29 is 0 Å². The lowest BCUT2D eigenvalue weighted by Crippen LogP contribution is -1.92. The summed E-state index contributed by atoms with van der Waals surface area (Å²) in [6.45, 7) is 8.28. The molecule has 0 aliphatic heterocycles. The van der Waals surface area contributed by atoms with Crippen LogP contribution < -0.4 is 0 Å². The fourth-order valence-corrected chi connectivity index (χ4v) is 2.42. The van der Waals surface area contributed by atoms with Crippen molar-refractivity contribution in [1.29, 1.82) is 0 Å². The van der Waals surface area contributed by atoms with E-state index < -0.39 is 0 Å². The zero-order chi connectivity index (χ0) is 8.15. The maximum atomic E-state index is 4.00. The molecule has 0 aliphatic carbocycles. The molecule has 58 valence electrons. The first-order chi connectivity index (χ1) is 4.63. The molecule has 0 radical (unpaired) electrons. The van der Waals surface area contributed by atoms with E-state index in [2.05, 4.69) is 65.6 Å². The molecule has 0 rings (SSSR count). The van der Waals surface area contributed by atoms with Crippen LogP contribution in [-0.2, 0) is 0 Å². The molecule has 10 heavy (non-hydrogen) atoms. The lowest BCUT2D eigenvalue weighted by molar-refractivity contribution is 1.26. The predicted molar refractivity (Wildman–Crippen MR) is 65.3 cm³/mol. The maximum absolute atomic E-state index is 4.00. The zero-order valence-electron chi connectivity index (χ0n) is 6.38. The molecule has 0 spiro atoms. The summed E-state index contributed by atoms with van der Waals surface area (Å²) in [5, 5.41) is 0. The number of halogens is 2. The van der Waals surface area contributed by atoms with Gasteiger partial charge in [0.25, 0.3) is 0 Å². The van der Waals surface area contributed by atoms with Gasteiger partial charge in [-0.05, 0) is 25.0 Å². The first-order valence-corrected chi connectivity index (χ1v) is 6.15. The molecule has 0 aromatic carbocycles. The minimum absolute atomic E-state index is 1.04. The summed E-state index contributed by atoms with van der Waals surface area (Å²) >= 11 is 4.73. The van der Waals surface area contributed by atoms with E-state index in [1.807, 2.05) is 0 Å². The van der Waals surface area contributed by atoms with E-state index in [1.165, 1.54) is 16.7 Å². The van der Waals surface area contributed by atoms with Crippen molar-refractivity contribution >= 4 is 45.2 Å². The second kappa shape index (κ2) is 5.57. The van der Waals surface area contributed by atoms with E-state index in [9.17, 15) is 0 Å². The Morgan fingerprint density at radius 3 is 1.80 bits per heavy atom. The largest absolute Gasteiger partial charge is 0.0948 e. The molecule has 0 aromatic rings.